The van der Waals surface area contributed by atoms with E-state index >= 15 is 0 Å². The molecule has 0 saturated heterocycles. The number of hydrogen-bond acceptors (Lipinski definition) is 1. The molecule has 0 atom stereocenters. The van der Waals surface area contributed by atoms with E-state index in [1.165, 1.54) is 4.57 Å². The van der Waals surface area contributed by atoms with Gasteiger partial charge in [-0.2, -0.15) is 4.57 Å². The van der Waals surface area contributed by atoms with Gasteiger partial charge in [-0.15, -0.1) is 0 Å². The van der Waals surface area contributed by atoms with E-state index in [1.54, 1.807) is 24.5 Å². The second-order valence-electron chi connectivity index (χ2n) is 4.22. The largest absolute Gasteiger partial charge is 1.00 e. The van der Waals surface area contributed by atoms with Crippen molar-refractivity contribution >= 4 is 17.6 Å². The molecule has 2 rings (SSSR count). The lowest BCUT2D eigenvalue weighted by atomic mass is 10.2. The summed E-state index contributed by atoms with van der Waals surface area (Å²) in [6.07, 6.45) is 5.28. The first-order chi connectivity index (χ1) is 8.58. The van der Waals surface area contributed by atoms with Gasteiger partial charge in [0.25, 0.3) is 6.33 Å². The third kappa shape index (κ3) is 3.94. The van der Waals surface area contributed by atoms with E-state index in [-0.39, 0.29) is 30.0 Å². The van der Waals surface area contributed by atoms with Gasteiger partial charge in [-0.25, -0.2) is 9.36 Å². The standard InChI is InChI=1S/C13H15ClN3O.HI/c1-15-7-8-17(10-15)13(18)16(2)9-11-5-3-4-6-12(11)14;/h3-8,10H,9H2,1-2H3;1H/q+1;/p-1. The van der Waals surface area contributed by atoms with Gasteiger partial charge in [0.2, 0.25) is 0 Å². The minimum absolute atomic E-state index is 0. The van der Waals surface area contributed by atoms with Crippen LogP contribution in [0.25, 0.3) is 0 Å². The summed E-state index contributed by atoms with van der Waals surface area (Å²) in [6.45, 7) is 0.487. The smallest absolute Gasteiger partial charge is 0.415 e. The summed E-state index contributed by atoms with van der Waals surface area (Å²) in [5.41, 5.74) is 0.937. The molecule has 4 nitrogen and oxygen atoms in total. The van der Waals surface area contributed by atoms with Crippen LogP contribution in [0.1, 0.15) is 5.56 Å². The van der Waals surface area contributed by atoms with Crippen LogP contribution in [0.2, 0.25) is 5.02 Å². The summed E-state index contributed by atoms with van der Waals surface area (Å²) in [5.74, 6) is 0. The van der Waals surface area contributed by atoms with Gasteiger partial charge in [0.15, 0.2) is 0 Å². The van der Waals surface area contributed by atoms with Gasteiger partial charge in [0, 0.05) is 12.1 Å². The summed E-state index contributed by atoms with van der Waals surface area (Å²) in [4.78, 5) is 13.7. The molecule has 1 aromatic carbocycles. The van der Waals surface area contributed by atoms with Crippen molar-refractivity contribution in [3.63, 3.8) is 0 Å². The lowest BCUT2D eigenvalue weighted by Gasteiger charge is -2.14. The number of benzene rings is 1. The number of rotatable bonds is 2. The molecule has 1 heterocycles. The first kappa shape index (κ1) is 16.0. The highest BCUT2D eigenvalue weighted by atomic mass is 127. The van der Waals surface area contributed by atoms with Crippen LogP contribution in [-0.2, 0) is 13.6 Å². The van der Waals surface area contributed by atoms with E-state index in [4.69, 9.17) is 11.6 Å². The van der Waals surface area contributed by atoms with Gasteiger partial charge in [0.05, 0.1) is 13.6 Å². The van der Waals surface area contributed by atoms with E-state index in [0.29, 0.717) is 11.6 Å². The Balaban J connectivity index is 0.00000180. The summed E-state index contributed by atoms with van der Waals surface area (Å²) in [5, 5.41) is 0.676. The molecule has 0 aliphatic rings. The predicted octanol–water partition coefficient (Wildman–Crippen LogP) is -0.930. The summed E-state index contributed by atoms with van der Waals surface area (Å²) < 4.78 is 3.36. The molecule has 0 radical (unpaired) electrons. The summed E-state index contributed by atoms with van der Waals surface area (Å²) in [6, 6.07) is 7.44. The van der Waals surface area contributed by atoms with Crippen LogP contribution >= 0.6 is 11.6 Å². The fraction of sp³-hybridized carbons (Fsp3) is 0.231. The second kappa shape index (κ2) is 6.91. The SMILES string of the molecule is CN(Cc1ccccc1Cl)C(=O)n1cc[n+](C)c1.[I-]. The highest BCUT2D eigenvalue weighted by molar-refractivity contribution is 6.31. The topological polar surface area (TPSA) is 29.1 Å². The molecule has 6 heteroatoms. The van der Waals surface area contributed by atoms with Gasteiger partial charge in [-0.3, -0.25) is 0 Å². The fourth-order valence-electron chi connectivity index (χ4n) is 1.71. The molecule has 0 unspecified atom stereocenters. The van der Waals surface area contributed by atoms with E-state index in [2.05, 4.69) is 0 Å². The minimum Gasteiger partial charge on any atom is -1.00 e. The van der Waals surface area contributed by atoms with Crippen LogP contribution in [-0.4, -0.2) is 22.5 Å². The number of hydrogen-bond donors (Lipinski definition) is 0. The molecule has 0 N–H and O–H groups in total. The van der Waals surface area contributed by atoms with E-state index in [1.807, 2.05) is 42.1 Å². The van der Waals surface area contributed by atoms with Gasteiger partial charge in [-0.05, 0) is 11.6 Å². The molecule has 19 heavy (non-hydrogen) atoms. The van der Waals surface area contributed by atoms with Crippen molar-refractivity contribution in [3.8, 4) is 0 Å². The number of aryl methyl sites for hydroxylation is 1. The minimum atomic E-state index is -0.0875. The van der Waals surface area contributed by atoms with Crippen LogP contribution in [0.4, 0.5) is 4.79 Å². The highest BCUT2D eigenvalue weighted by Crippen LogP contribution is 2.16. The van der Waals surface area contributed by atoms with Crippen LogP contribution in [0.5, 0.6) is 0 Å². The Morgan fingerprint density at radius 1 is 1.42 bits per heavy atom. The first-order valence-electron chi connectivity index (χ1n) is 5.60. The zero-order chi connectivity index (χ0) is 13.1. The van der Waals surface area contributed by atoms with Crippen molar-refractivity contribution in [2.45, 2.75) is 6.54 Å². The molecule has 0 fully saturated rings. The van der Waals surface area contributed by atoms with Gasteiger partial charge >= 0.3 is 6.03 Å². The fourth-order valence-corrected chi connectivity index (χ4v) is 1.91. The molecule has 1 aromatic heterocycles. The molecular formula is C13H15ClIN3O. The molecule has 0 aliphatic heterocycles. The number of carbonyl (C=O) groups is 1. The maximum atomic E-state index is 12.1. The third-order valence-electron chi connectivity index (χ3n) is 2.68. The van der Waals surface area contributed by atoms with E-state index in [0.717, 1.165) is 5.56 Å². The van der Waals surface area contributed by atoms with Gasteiger partial charge < -0.3 is 28.9 Å². The summed E-state index contributed by atoms with van der Waals surface area (Å²) >= 11 is 6.07. The number of carbonyl (C=O) groups excluding carboxylic acids is 1. The highest BCUT2D eigenvalue weighted by Gasteiger charge is 2.17. The average Bonchev–Trinajstić information content (AvgIpc) is 2.78. The van der Waals surface area contributed by atoms with Crippen molar-refractivity contribution in [2.24, 2.45) is 7.05 Å². The number of halogens is 2. The molecule has 0 spiro atoms. The van der Waals surface area contributed by atoms with E-state index < -0.39 is 0 Å². The van der Waals surface area contributed by atoms with Crippen LogP contribution in [0.3, 0.4) is 0 Å². The molecule has 0 bridgehead atoms. The molecule has 102 valence electrons. The lowest BCUT2D eigenvalue weighted by Crippen LogP contribution is -3.00. The normalized spacial score (nSPS) is 9.84. The van der Waals surface area contributed by atoms with Gasteiger partial charge in [-0.1, -0.05) is 29.8 Å². The molecule has 1 amide bonds. The number of imidazole rings is 1. The number of nitrogens with zero attached hydrogens (tertiary/aromatic N) is 3. The molecule has 2 aromatic rings. The van der Waals surface area contributed by atoms with Crippen LogP contribution in [0, 0.1) is 0 Å². The Labute approximate surface area is 134 Å². The van der Waals surface area contributed by atoms with Gasteiger partial charge in [0.1, 0.15) is 12.4 Å². The Hall–Kier alpha value is -1.08. The van der Waals surface area contributed by atoms with E-state index in [9.17, 15) is 4.79 Å². The zero-order valence-corrected chi connectivity index (χ0v) is 13.7. The quantitative estimate of drug-likeness (QED) is 0.480. The molecule has 0 aliphatic carbocycles. The maximum absolute atomic E-state index is 12.1. The van der Waals surface area contributed by atoms with Crippen molar-refractivity contribution < 1.29 is 33.3 Å². The Morgan fingerprint density at radius 2 is 2.11 bits per heavy atom. The predicted molar refractivity (Wildman–Crippen MR) is 69.3 cm³/mol. The number of amides is 1. The van der Waals surface area contributed by atoms with Crippen LogP contribution in [0.15, 0.2) is 43.0 Å². The Kier molecular flexibility index (Phi) is 5.81. The van der Waals surface area contributed by atoms with Crippen molar-refractivity contribution in [1.29, 1.82) is 0 Å². The molecule has 0 saturated carbocycles. The third-order valence-corrected chi connectivity index (χ3v) is 3.05. The van der Waals surface area contributed by atoms with Crippen molar-refractivity contribution in [1.82, 2.24) is 9.47 Å². The zero-order valence-electron chi connectivity index (χ0n) is 10.8. The Morgan fingerprint density at radius 3 is 2.68 bits per heavy atom. The molecular weight excluding hydrogens is 377 g/mol. The monoisotopic (exact) mass is 391 g/mol. The Bertz CT molecular complexity index is 571. The van der Waals surface area contributed by atoms with Crippen molar-refractivity contribution in [3.05, 3.63) is 53.6 Å². The number of aromatic nitrogens is 2. The maximum Gasteiger partial charge on any atom is 0.415 e. The second-order valence-corrected chi connectivity index (χ2v) is 4.62. The first-order valence-corrected chi connectivity index (χ1v) is 5.98. The van der Waals surface area contributed by atoms with Crippen LogP contribution < -0.4 is 28.5 Å². The average molecular weight is 392 g/mol. The lowest BCUT2D eigenvalue weighted by molar-refractivity contribution is -0.670. The summed E-state index contributed by atoms with van der Waals surface area (Å²) in [7, 11) is 3.63. The van der Waals surface area contributed by atoms with Crippen molar-refractivity contribution in [2.75, 3.05) is 7.05 Å².